The molecular formula is C17H21N3O2S2. The molecule has 128 valence electrons. The molecule has 0 bridgehead atoms. The van der Waals surface area contributed by atoms with E-state index in [0.29, 0.717) is 21.6 Å². The van der Waals surface area contributed by atoms with E-state index in [9.17, 15) is 9.59 Å². The van der Waals surface area contributed by atoms with Gasteiger partial charge in [-0.05, 0) is 30.2 Å². The fourth-order valence-electron chi connectivity index (χ4n) is 2.97. The standard InChI is InChI=1S/C17H21N3O2S2/c1-11-5-2-3-6-13(11)19-15(21)9-12-10-24-17(18-12)20-16(22)14-7-4-8-23-14/h4,7-8,10-11,13H,2-3,5-6,9H2,1H3,(H,19,21)(H,18,20,22)/t11-,13+/m1/s1. The predicted molar refractivity (Wildman–Crippen MR) is 97.7 cm³/mol. The molecule has 2 amide bonds. The van der Waals surface area contributed by atoms with E-state index in [2.05, 4.69) is 22.5 Å². The third kappa shape index (κ3) is 4.42. The molecule has 0 aromatic carbocycles. The lowest BCUT2D eigenvalue weighted by molar-refractivity contribution is -0.121. The van der Waals surface area contributed by atoms with Crippen LogP contribution in [0.25, 0.3) is 0 Å². The highest BCUT2D eigenvalue weighted by Crippen LogP contribution is 2.24. The zero-order chi connectivity index (χ0) is 16.9. The van der Waals surface area contributed by atoms with Gasteiger partial charge in [-0.2, -0.15) is 0 Å². The second-order valence-corrected chi connectivity index (χ2v) is 7.99. The highest BCUT2D eigenvalue weighted by Gasteiger charge is 2.23. The van der Waals surface area contributed by atoms with Crippen LogP contribution in [0.15, 0.2) is 22.9 Å². The molecule has 1 aliphatic carbocycles. The highest BCUT2D eigenvalue weighted by molar-refractivity contribution is 7.14. The summed E-state index contributed by atoms with van der Waals surface area (Å²) in [5.74, 6) is 0.389. The van der Waals surface area contributed by atoms with Crippen LogP contribution in [0.3, 0.4) is 0 Å². The molecule has 2 aromatic heterocycles. The van der Waals surface area contributed by atoms with Crippen LogP contribution >= 0.6 is 22.7 Å². The van der Waals surface area contributed by atoms with Gasteiger partial charge in [0.1, 0.15) is 0 Å². The van der Waals surface area contributed by atoms with E-state index in [0.717, 1.165) is 6.42 Å². The number of carbonyl (C=O) groups is 2. The van der Waals surface area contributed by atoms with E-state index < -0.39 is 0 Å². The van der Waals surface area contributed by atoms with Gasteiger partial charge in [0.25, 0.3) is 5.91 Å². The lowest BCUT2D eigenvalue weighted by Crippen LogP contribution is -2.41. The minimum Gasteiger partial charge on any atom is -0.353 e. The Kier molecular flexibility index (Phi) is 5.63. The summed E-state index contributed by atoms with van der Waals surface area (Å²) in [6.45, 7) is 2.20. The summed E-state index contributed by atoms with van der Waals surface area (Å²) in [5, 5.41) is 10.1. The second-order valence-electron chi connectivity index (χ2n) is 6.19. The number of aromatic nitrogens is 1. The molecule has 5 nitrogen and oxygen atoms in total. The number of carbonyl (C=O) groups excluding carboxylic acids is 2. The molecule has 2 atom stereocenters. The molecule has 3 rings (SSSR count). The fraction of sp³-hybridized carbons (Fsp3) is 0.471. The van der Waals surface area contributed by atoms with Gasteiger partial charge in [0, 0.05) is 11.4 Å². The average Bonchev–Trinajstić information content (AvgIpc) is 3.21. The number of hydrogen-bond acceptors (Lipinski definition) is 5. The normalized spacial score (nSPS) is 20.5. The van der Waals surface area contributed by atoms with Crippen molar-refractivity contribution in [2.75, 3.05) is 5.32 Å². The van der Waals surface area contributed by atoms with Crippen LogP contribution < -0.4 is 10.6 Å². The van der Waals surface area contributed by atoms with E-state index in [1.807, 2.05) is 16.8 Å². The first kappa shape index (κ1) is 17.1. The molecule has 24 heavy (non-hydrogen) atoms. The smallest absolute Gasteiger partial charge is 0.267 e. The van der Waals surface area contributed by atoms with Crippen LogP contribution in [0.5, 0.6) is 0 Å². The number of anilines is 1. The van der Waals surface area contributed by atoms with Gasteiger partial charge in [0.05, 0.1) is 17.0 Å². The van der Waals surface area contributed by atoms with E-state index in [-0.39, 0.29) is 24.3 Å². The summed E-state index contributed by atoms with van der Waals surface area (Å²) in [6, 6.07) is 3.89. The first-order valence-electron chi connectivity index (χ1n) is 8.20. The molecule has 0 spiro atoms. The highest BCUT2D eigenvalue weighted by atomic mass is 32.1. The lowest BCUT2D eigenvalue weighted by atomic mass is 9.86. The molecule has 2 aromatic rings. The first-order valence-corrected chi connectivity index (χ1v) is 9.96. The molecule has 1 aliphatic rings. The third-order valence-electron chi connectivity index (χ3n) is 4.32. The monoisotopic (exact) mass is 363 g/mol. The van der Waals surface area contributed by atoms with Crippen LogP contribution in [0.2, 0.25) is 0 Å². The SMILES string of the molecule is C[C@@H]1CCCC[C@@H]1NC(=O)Cc1csc(NC(=O)c2cccs2)n1. The van der Waals surface area contributed by atoms with Crippen molar-refractivity contribution >= 4 is 39.6 Å². The topological polar surface area (TPSA) is 71.1 Å². The van der Waals surface area contributed by atoms with Crippen LogP contribution in [0, 0.1) is 5.92 Å². The van der Waals surface area contributed by atoms with Gasteiger partial charge in [-0.1, -0.05) is 25.8 Å². The molecule has 0 unspecified atom stereocenters. The van der Waals surface area contributed by atoms with Crippen molar-refractivity contribution in [2.45, 2.75) is 45.1 Å². The summed E-state index contributed by atoms with van der Waals surface area (Å²) < 4.78 is 0. The third-order valence-corrected chi connectivity index (χ3v) is 5.99. The Balaban J connectivity index is 1.52. The first-order chi connectivity index (χ1) is 11.6. The number of nitrogens with zero attached hydrogens (tertiary/aromatic N) is 1. The Morgan fingerprint density at radius 2 is 2.12 bits per heavy atom. The van der Waals surface area contributed by atoms with Crippen molar-refractivity contribution < 1.29 is 9.59 Å². The number of hydrogen-bond donors (Lipinski definition) is 2. The van der Waals surface area contributed by atoms with Gasteiger partial charge < -0.3 is 5.32 Å². The number of thiophene rings is 1. The van der Waals surface area contributed by atoms with Crippen molar-refractivity contribution in [3.8, 4) is 0 Å². The molecule has 0 aliphatic heterocycles. The molecule has 1 saturated carbocycles. The second kappa shape index (κ2) is 7.90. The molecular weight excluding hydrogens is 342 g/mol. The Hall–Kier alpha value is -1.73. The maximum absolute atomic E-state index is 12.2. The molecule has 0 radical (unpaired) electrons. The van der Waals surface area contributed by atoms with Crippen LogP contribution in [-0.2, 0) is 11.2 Å². The maximum atomic E-state index is 12.2. The maximum Gasteiger partial charge on any atom is 0.267 e. The minimum atomic E-state index is -0.161. The summed E-state index contributed by atoms with van der Waals surface area (Å²) in [4.78, 5) is 29.2. The summed E-state index contributed by atoms with van der Waals surface area (Å²) in [5.41, 5.74) is 0.697. The molecule has 1 fully saturated rings. The van der Waals surface area contributed by atoms with Crippen molar-refractivity contribution in [1.82, 2.24) is 10.3 Å². The van der Waals surface area contributed by atoms with Crippen molar-refractivity contribution in [3.05, 3.63) is 33.5 Å². The van der Waals surface area contributed by atoms with Gasteiger partial charge in [-0.25, -0.2) is 4.98 Å². The molecule has 0 saturated heterocycles. The molecule has 2 N–H and O–H groups in total. The van der Waals surface area contributed by atoms with Gasteiger partial charge >= 0.3 is 0 Å². The van der Waals surface area contributed by atoms with Crippen LogP contribution in [0.4, 0.5) is 5.13 Å². The summed E-state index contributed by atoms with van der Waals surface area (Å²) in [6.07, 6.45) is 4.94. The van der Waals surface area contributed by atoms with E-state index in [1.54, 1.807) is 6.07 Å². The lowest BCUT2D eigenvalue weighted by Gasteiger charge is -2.29. The summed E-state index contributed by atoms with van der Waals surface area (Å²) in [7, 11) is 0. The minimum absolute atomic E-state index is 0.00943. The zero-order valence-electron chi connectivity index (χ0n) is 13.6. The largest absolute Gasteiger partial charge is 0.353 e. The Morgan fingerprint density at radius 1 is 1.29 bits per heavy atom. The Morgan fingerprint density at radius 3 is 2.88 bits per heavy atom. The molecule has 7 heteroatoms. The van der Waals surface area contributed by atoms with E-state index in [4.69, 9.17) is 0 Å². The van der Waals surface area contributed by atoms with Gasteiger partial charge in [0.15, 0.2) is 5.13 Å². The van der Waals surface area contributed by atoms with Crippen LogP contribution in [-0.4, -0.2) is 22.8 Å². The van der Waals surface area contributed by atoms with Crippen molar-refractivity contribution in [2.24, 2.45) is 5.92 Å². The number of rotatable bonds is 5. The van der Waals surface area contributed by atoms with Crippen LogP contribution in [0.1, 0.15) is 48.0 Å². The number of amides is 2. The Bertz CT molecular complexity index is 697. The number of nitrogens with one attached hydrogen (secondary N) is 2. The van der Waals surface area contributed by atoms with Crippen molar-refractivity contribution in [3.63, 3.8) is 0 Å². The van der Waals surface area contributed by atoms with Crippen molar-refractivity contribution in [1.29, 1.82) is 0 Å². The van der Waals surface area contributed by atoms with Gasteiger partial charge in [-0.3, -0.25) is 14.9 Å². The van der Waals surface area contributed by atoms with Gasteiger partial charge in [-0.15, -0.1) is 22.7 Å². The van der Waals surface area contributed by atoms with Gasteiger partial charge in [0.2, 0.25) is 5.91 Å². The van der Waals surface area contributed by atoms with E-state index >= 15 is 0 Å². The number of thiazole rings is 1. The predicted octanol–water partition coefficient (Wildman–Crippen LogP) is 3.69. The summed E-state index contributed by atoms with van der Waals surface area (Å²) >= 11 is 2.73. The quantitative estimate of drug-likeness (QED) is 0.851. The van der Waals surface area contributed by atoms with E-state index in [1.165, 1.54) is 41.9 Å². The molecule has 2 heterocycles. The fourth-order valence-corrected chi connectivity index (χ4v) is 4.29. The Labute approximate surface area is 149 Å². The zero-order valence-corrected chi connectivity index (χ0v) is 15.2. The average molecular weight is 364 g/mol.